The highest BCUT2D eigenvalue weighted by Gasteiger charge is 2.19. The fraction of sp³-hybridized carbons (Fsp3) is 0.286. The Kier molecular flexibility index (Phi) is 5.32. The number of hydrogen-bond donors (Lipinski definition) is 2. The van der Waals surface area contributed by atoms with E-state index in [1.54, 1.807) is 0 Å². The van der Waals surface area contributed by atoms with Crippen molar-refractivity contribution in [3.05, 3.63) is 71.1 Å². The van der Waals surface area contributed by atoms with E-state index in [0.29, 0.717) is 5.57 Å². The van der Waals surface area contributed by atoms with Crippen LogP contribution in [-0.4, -0.2) is 10.9 Å². The van der Waals surface area contributed by atoms with Crippen molar-refractivity contribution >= 4 is 17.7 Å². The minimum Gasteiger partial charge on any atom is -0.362 e. The highest BCUT2D eigenvalue weighted by atomic mass is 16.1. The Hall–Kier alpha value is -2.55. The van der Waals surface area contributed by atoms with Crippen LogP contribution >= 0.6 is 0 Å². The standard InChI is InChI=1S/C21H24N2O/c1-2-3-4-5-7-16-9-11-17(12-10-16)20-15-18(21(24)23-20)14-19-8-6-13-22-19/h6,8-15,22H,2-5,7H2,1H3,(H,23,24). The fourth-order valence-corrected chi connectivity index (χ4v) is 2.92. The summed E-state index contributed by atoms with van der Waals surface area (Å²) in [5, 5.41) is 2.95. The van der Waals surface area contributed by atoms with Crippen molar-refractivity contribution in [1.82, 2.24) is 10.3 Å². The highest BCUT2D eigenvalue weighted by molar-refractivity contribution is 6.10. The minimum absolute atomic E-state index is 0.0526. The lowest BCUT2D eigenvalue weighted by Crippen LogP contribution is -2.15. The molecule has 0 unspecified atom stereocenters. The van der Waals surface area contributed by atoms with Gasteiger partial charge in [0.2, 0.25) is 0 Å². The number of amides is 1. The van der Waals surface area contributed by atoms with E-state index >= 15 is 0 Å². The number of nitrogens with one attached hydrogen (secondary N) is 2. The van der Waals surface area contributed by atoms with Crippen molar-refractivity contribution < 1.29 is 4.79 Å². The first-order valence-corrected chi connectivity index (χ1v) is 8.73. The molecule has 2 heterocycles. The first-order valence-electron chi connectivity index (χ1n) is 8.73. The van der Waals surface area contributed by atoms with Gasteiger partial charge in [-0.3, -0.25) is 4.79 Å². The Morgan fingerprint density at radius 1 is 1.04 bits per heavy atom. The Labute approximate surface area is 143 Å². The van der Waals surface area contributed by atoms with E-state index in [1.807, 2.05) is 30.5 Å². The number of benzene rings is 1. The highest BCUT2D eigenvalue weighted by Crippen LogP contribution is 2.22. The third kappa shape index (κ3) is 4.05. The van der Waals surface area contributed by atoms with Gasteiger partial charge >= 0.3 is 0 Å². The molecule has 1 amide bonds. The maximum absolute atomic E-state index is 12.1. The monoisotopic (exact) mass is 320 g/mol. The number of aromatic amines is 1. The molecule has 2 N–H and O–H groups in total. The molecule has 0 aliphatic carbocycles. The predicted octanol–water partition coefficient (Wildman–Crippen LogP) is 4.69. The van der Waals surface area contributed by atoms with Gasteiger partial charge in [0.05, 0.1) is 0 Å². The lowest BCUT2D eigenvalue weighted by molar-refractivity contribution is -0.115. The summed E-state index contributed by atoms with van der Waals surface area (Å²) < 4.78 is 0. The van der Waals surface area contributed by atoms with Gasteiger partial charge in [0, 0.05) is 23.2 Å². The second-order valence-corrected chi connectivity index (χ2v) is 6.24. The van der Waals surface area contributed by atoms with Crippen molar-refractivity contribution in [2.75, 3.05) is 0 Å². The van der Waals surface area contributed by atoms with Crippen LogP contribution in [0.2, 0.25) is 0 Å². The van der Waals surface area contributed by atoms with Gasteiger partial charge < -0.3 is 10.3 Å². The largest absolute Gasteiger partial charge is 0.362 e. The molecule has 0 saturated heterocycles. The summed E-state index contributed by atoms with van der Waals surface area (Å²) in [4.78, 5) is 15.2. The maximum atomic E-state index is 12.1. The summed E-state index contributed by atoms with van der Waals surface area (Å²) in [6.07, 6.45) is 11.9. The molecule has 0 spiro atoms. The van der Waals surface area contributed by atoms with Gasteiger partial charge in [0.25, 0.3) is 5.91 Å². The molecule has 1 aliphatic rings. The molecular weight excluding hydrogens is 296 g/mol. The molecule has 3 heteroatoms. The summed E-state index contributed by atoms with van der Waals surface area (Å²) in [5.74, 6) is -0.0526. The van der Waals surface area contributed by atoms with Gasteiger partial charge in [-0.2, -0.15) is 0 Å². The van der Waals surface area contributed by atoms with Crippen LogP contribution in [0.25, 0.3) is 11.8 Å². The third-order valence-electron chi connectivity index (χ3n) is 4.33. The van der Waals surface area contributed by atoms with Crippen molar-refractivity contribution in [3.63, 3.8) is 0 Å². The zero-order chi connectivity index (χ0) is 16.8. The van der Waals surface area contributed by atoms with Crippen LogP contribution in [0.4, 0.5) is 0 Å². The quantitative estimate of drug-likeness (QED) is 0.564. The number of unbranched alkanes of at least 4 members (excludes halogenated alkanes) is 3. The van der Waals surface area contributed by atoms with Crippen LogP contribution in [0.15, 0.2) is 54.2 Å². The minimum atomic E-state index is -0.0526. The van der Waals surface area contributed by atoms with E-state index in [0.717, 1.165) is 23.4 Å². The van der Waals surface area contributed by atoms with Crippen LogP contribution < -0.4 is 5.32 Å². The molecule has 0 bridgehead atoms. The van der Waals surface area contributed by atoms with E-state index in [4.69, 9.17) is 0 Å². The van der Waals surface area contributed by atoms with E-state index in [-0.39, 0.29) is 5.91 Å². The third-order valence-corrected chi connectivity index (χ3v) is 4.33. The number of rotatable bonds is 7. The topological polar surface area (TPSA) is 44.9 Å². The van der Waals surface area contributed by atoms with Crippen LogP contribution in [0.1, 0.15) is 49.4 Å². The van der Waals surface area contributed by atoms with Crippen LogP contribution in [0.5, 0.6) is 0 Å². The number of aromatic nitrogens is 1. The number of carbonyl (C=O) groups is 1. The van der Waals surface area contributed by atoms with Crippen LogP contribution in [0.3, 0.4) is 0 Å². The molecule has 0 atom stereocenters. The van der Waals surface area contributed by atoms with E-state index in [9.17, 15) is 4.79 Å². The van der Waals surface area contributed by atoms with Crippen LogP contribution in [0, 0.1) is 0 Å². The lowest BCUT2D eigenvalue weighted by atomic mass is 10.0. The summed E-state index contributed by atoms with van der Waals surface area (Å²) in [5.41, 5.74) is 4.89. The van der Waals surface area contributed by atoms with Gasteiger partial charge in [0.1, 0.15) is 0 Å². The number of aryl methyl sites for hydroxylation is 1. The van der Waals surface area contributed by atoms with E-state index in [1.165, 1.54) is 31.2 Å². The average molecular weight is 320 g/mol. The van der Waals surface area contributed by atoms with E-state index < -0.39 is 0 Å². The van der Waals surface area contributed by atoms with Crippen molar-refractivity contribution in [2.45, 2.75) is 39.0 Å². The summed E-state index contributed by atoms with van der Waals surface area (Å²) in [7, 11) is 0. The Balaban J connectivity index is 1.67. The van der Waals surface area contributed by atoms with Gasteiger partial charge in [-0.1, -0.05) is 50.5 Å². The van der Waals surface area contributed by atoms with Gasteiger partial charge in [-0.05, 0) is 48.3 Å². The first kappa shape index (κ1) is 16.3. The van der Waals surface area contributed by atoms with Gasteiger partial charge in [-0.25, -0.2) is 0 Å². The molecule has 1 aliphatic heterocycles. The second kappa shape index (κ2) is 7.82. The molecule has 2 aromatic rings. The molecule has 1 aromatic heterocycles. The molecule has 1 aromatic carbocycles. The number of H-pyrrole nitrogens is 1. The molecule has 0 fully saturated rings. The normalized spacial score (nSPS) is 15.6. The number of carbonyl (C=O) groups excluding carboxylic acids is 1. The zero-order valence-corrected chi connectivity index (χ0v) is 14.1. The predicted molar refractivity (Wildman–Crippen MR) is 99.2 cm³/mol. The molecular formula is C21H24N2O. The fourth-order valence-electron chi connectivity index (χ4n) is 2.92. The first-order chi connectivity index (χ1) is 11.8. The molecule has 3 nitrogen and oxygen atoms in total. The lowest BCUT2D eigenvalue weighted by Gasteiger charge is -2.05. The van der Waals surface area contributed by atoms with Crippen molar-refractivity contribution in [3.8, 4) is 0 Å². The van der Waals surface area contributed by atoms with E-state index in [2.05, 4.69) is 41.5 Å². The van der Waals surface area contributed by atoms with Crippen molar-refractivity contribution in [2.24, 2.45) is 0 Å². The van der Waals surface area contributed by atoms with Gasteiger partial charge in [-0.15, -0.1) is 0 Å². The Morgan fingerprint density at radius 3 is 2.58 bits per heavy atom. The molecule has 124 valence electrons. The molecule has 24 heavy (non-hydrogen) atoms. The summed E-state index contributed by atoms with van der Waals surface area (Å²) >= 11 is 0. The smallest absolute Gasteiger partial charge is 0.255 e. The van der Waals surface area contributed by atoms with Gasteiger partial charge in [0.15, 0.2) is 0 Å². The Bertz CT molecular complexity index is 737. The molecule has 3 rings (SSSR count). The summed E-state index contributed by atoms with van der Waals surface area (Å²) in [6, 6.07) is 12.4. The van der Waals surface area contributed by atoms with Crippen molar-refractivity contribution in [1.29, 1.82) is 0 Å². The Morgan fingerprint density at radius 2 is 1.88 bits per heavy atom. The zero-order valence-electron chi connectivity index (χ0n) is 14.1. The SMILES string of the molecule is CCCCCCc1ccc(C2=CC(=Cc3ccc[nH]3)C(=O)N2)cc1. The number of hydrogen-bond acceptors (Lipinski definition) is 1. The summed E-state index contributed by atoms with van der Waals surface area (Å²) in [6.45, 7) is 2.23. The van der Waals surface area contributed by atoms with Crippen LogP contribution in [-0.2, 0) is 11.2 Å². The average Bonchev–Trinajstić information content (AvgIpc) is 3.23. The molecule has 0 saturated carbocycles. The molecule has 0 radical (unpaired) electrons. The second-order valence-electron chi connectivity index (χ2n) is 6.24. The maximum Gasteiger partial charge on any atom is 0.255 e.